The highest BCUT2D eigenvalue weighted by Gasteiger charge is 2.18. The van der Waals surface area contributed by atoms with Crippen molar-refractivity contribution in [3.8, 4) is 5.75 Å². The van der Waals surface area contributed by atoms with E-state index in [4.69, 9.17) is 20.8 Å². The van der Waals surface area contributed by atoms with E-state index in [0.717, 1.165) is 15.7 Å². The van der Waals surface area contributed by atoms with Crippen molar-refractivity contribution in [1.82, 2.24) is 15.1 Å². The number of aryl methyl sites for hydroxylation is 2. The monoisotopic (exact) mass is 451 g/mol. The number of nitrogens with one attached hydrogen (secondary N) is 1. The number of furan rings is 1. The first-order valence-corrected chi connectivity index (χ1v) is 9.48. The zero-order chi connectivity index (χ0) is 19.6. The predicted octanol–water partition coefficient (Wildman–Crippen LogP) is 4.81. The van der Waals surface area contributed by atoms with Crippen molar-refractivity contribution in [2.75, 3.05) is 0 Å². The molecule has 1 N–H and O–H groups in total. The van der Waals surface area contributed by atoms with Gasteiger partial charge in [0.15, 0.2) is 5.76 Å². The summed E-state index contributed by atoms with van der Waals surface area (Å²) in [7, 11) is 1.85. The fraction of sp³-hybridized carbons (Fsp3) is 0.263. The number of rotatable bonds is 6. The molecule has 0 aliphatic heterocycles. The van der Waals surface area contributed by atoms with Crippen LogP contribution in [0.5, 0.6) is 5.75 Å². The molecular formula is C19H19BrClN3O3. The Labute approximate surface area is 170 Å². The molecule has 8 heteroatoms. The first kappa shape index (κ1) is 19.5. The van der Waals surface area contributed by atoms with Crippen molar-refractivity contribution in [2.45, 2.75) is 26.5 Å². The van der Waals surface area contributed by atoms with Gasteiger partial charge in [-0.1, -0.05) is 27.5 Å². The molecule has 0 radical (unpaired) electrons. The lowest BCUT2D eigenvalue weighted by Crippen LogP contribution is -2.26. The van der Waals surface area contributed by atoms with E-state index in [1.165, 1.54) is 0 Å². The Morgan fingerprint density at radius 1 is 1.41 bits per heavy atom. The van der Waals surface area contributed by atoms with E-state index in [1.807, 2.05) is 33.2 Å². The third-order valence-electron chi connectivity index (χ3n) is 4.01. The number of benzene rings is 1. The number of nitrogens with zero attached hydrogens (tertiary/aromatic N) is 2. The van der Waals surface area contributed by atoms with Gasteiger partial charge in [0.2, 0.25) is 0 Å². The van der Waals surface area contributed by atoms with Crippen LogP contribution in [0.15, 0.2) is 45.4 Å². The van der Waals surface area contributed by atoms with E-state index >= 15 is 0 Å². The van der Waals surface area contributed by atoms with Crippen LogP contribution in [0, 0.1) is 6.92 Å². The van der Waals surface area contributed by atoms with Crippen LogP contribution in [0.2, 0.25) is 5.02 Å². The van der Waals surface area contributed by atoms with Crippen molar-refractivity contribution < 1.29 is 13.9 Å². The van der Waals surface area contributed by atoms with Gasteiger partial charge < -0.3 is 14.5 Å². The number of amides is 1. The lowest BCUT2D eigenvalue weighted by Gasteiger charge is -2.12. The molecule has 142 valence electrons. The lowest BCUT2D eigenvalue weighted by atomic mass is 10.1. The van der Waals surface area contributed by atoms with E-state index in [2.05, 4.69) is 26.3 Å². The van der Waals surface area contributed by atoms with Gasteiger partial charge in [-0.15, -0.1) is 0 Å². The number of hydrogen-bond acceptors (Lipinski definition) is 4. The molecule has 0 spiro atoms. The Morgan fingerprint density at radius 3 is 2.85 bits per heavy atom. The maximum Gasteiger partial charge on any atom is 0.287 e. The average Bonchev–Trinajstić information content (AvgIpc) is 3.20. The first-order valence-electron chi connectivity index (χ1n) is 8.31. The molecular weight excluding hydrogens is 434 g/mol. The van der Waals surface area contributed by atoms with E-state index < -0.39 is 0 Å². The van der Waals surface area contributed by atoms with Gasteiger partial charge in [0, 0.05) is 23.3 Å². The Kier molecular flexibility index (Phi) is 5.92. The van der Waals surface area contributed by atoms with Gasteiger partial charge in [0.25, 0.3) is 5.91 Å². The molecule has 1 atom stereocenters. The second kappa shape index (κ2) is 8.19. The molecule has 1 aromatic carbocycles. The molecule has 0 fully saturated rings. The van der Waals surface area contributed by atoms with Crippen LogP contribution in [0.4, 0.5) is 0 Å². The van der Waals surface area contributed by atoms with Crippen molar-refractivity contribution in [2.24, 2.45) is 7.05 Å². The van der Waals surface area contributed by atoms with Crippen LogP contribution < -0.4 is 10.1 Å². The maximum absolute atomic E-state index is 12.4. The van der Waals surface area contributed by atoms with Gasteiger partial charge in [-0.05, 0) is 44.2 Å². The molecule has 3 aromatic rings. The Bertz CT molecular complexity index is 967. The molecule has 27 heavy (non-hydrogen) atoms. The summed E-state index contributed by atoms with van der Waals surface area (Å²) in [6, 6.07) is 8.50. The number of halogens is 2. The summed E-state index contributed by atoms with van der Waals surface area (Å²) in [5.41, 5.74) is 1.84. The van der Waals surface area contributed by atoms with Gasteiger partial charge in [0.05, 0.1) is 16.8 Å². The molecule has 0 saturated heterocycles. The third-order valence-corrected chi connectivity index (χ3v) is 4.80. The van der Waals surface area contributed by atoms with Crippen LogP contribution in [0.25, 0.3) is 0 Å². The number of aromatic nitrogens is 2. The number of carbonyl (C=O) groups is 1. The summed E-state index contributed by atoms with van der Waals surface area (Å²) in [6.45, 7) is 3.99. The molecule has 0 bridgehead atoms. The zero-order valence-corrected chi connectivity index (χ0v) is 17.5. The maximum atomic E-state index is 12.4. The second-order valence-corrected chi connectivity index (χ2v) is 7.49. The summed E-state index contributed by atoms with van der Waals surface area (Å²) in [4.78, 5) is 12.4. The van der Waals surface area contributed by atoms with Crippen LogP contribution in [-0.2, 0) is 13.7 Å². The van der Waals surface area contributed by atoms with Crippen LogP contribution in [-0.4, -0.2) is 15.7 Å². The zero-order valence-electron chi connectivity index (χ0n) is 15.1. The van der Waals surface area contributed by atoms with E-state index in [0.29, 0.717) is 16.5 Å². The van der Waals surface area contributed by atoms with Crippen molar-refractivity contribution in [1.29, 1.82) is 0 Å². The molecule has 2 heterocycles. The van der Waals surface area contributed by atoms with Gasteiger partial charge >= 0.3 is 0 Å². The fourth-order valence-electron chi connectivity index (χ4n) is 2.71. The van der Waals surface area contributed by atoms with Crippen LogP contribution in [0.3, 0.4) is 0 Å². The number of ether oxygens (including phenoxy) is 1. The molecule has 2 aromatic heterocycles. The van der Waals surface area contributed by atoms with Crippen molar-refractivity contribution in [3.05, 3.63) is 68.8 Å². The number of hydrogen-bond donors (Lipinski definition) is 1. The molecule has 0 saturated carbocycles. The highest BCUT2D eigenvalue weighted by Crippen LogP contribution is 2.28. The summed E-state index contributed by atoms with van der Waals surface area (Å²) in [5.74, 6) is 1.01. The molecule has 1 unspecified atom stereocenters. The summed E-state index contributed by atoms with van der Waals surface area (Å²) in [6.07, 6.45) is 1.89. The van der Waals surface area contributed by atoms with Crippen LogP contribution in [0.1, 0.15) is 40.5 Å². The minimum absolute atomic E-state index is 0.173. The van der Waals surface area contributed by atoms with E-state index in [9.17, 15) is 4.79 Å². The van der Waals surface area contributed by atoms with Crippen molar-refractivity contribution in [3.63, 3.8) is 0 Å². The summed E-state index contributed by atoms with van der Waals surface area (Å²) < 4.78 is 13.8. The van der Waals surface area contributed by atoms with Crippen LogP contribution >= 0.6 is 27.5 Å². The second-order valence-electron chi connectivity index (χ2n) is 6.17. The first-order chi connectivity index (χ1) is 12.8. The van der Waals surface area contributed by atoms with E-state index in [1.54, 1.807) is 28.9 Å². The molecule has 3 rings (SSSR count). The number of carbonyl (C=O) groups excluding carboxylic acids is 1. The van der Waals surface area contributed by atoms with Gasteiger partial charge in [-0.3, -0.25) is 9.48 Å². The molecule has 0 aliphatic carbocycles. The standard InChI is InChI=1S/C19H19BrClN3O3/c1-11(15-9-24(3)23-12(15)2)22-19(25)18-7-5-14(27-18)10-26-17-6-4-13(20)8-16(17)21/h4-9,11H,10H2,1-3H3,(H,22,25). The summed E-state index contributed by atoms with van der Waals surface area (Å²) >= 11 is 9.47. The average molecular weight is 453 g/mol. The predicted molar refractivity (Wildman–Crippen MR) is 106 cm³/mol. The molecule has 0 aliphatic rings. The van der Waals surface area contributed by atoms with Gasteiger partial charge in [-0.25, -0.2) is 0 Å². The quantitative estimate of drug-likeness (QED) is 0.583. The van der Waals surface area contributed by atoms with E-state index in [-0.39, 0.29) is 24.3 Å². The normalized spacial score (nSPS) is 12.0. The Morgan fingerprint density at radius 2 is 2.19 bits per heavy atom. The third kappa shape index (κ3) is 4.73. The smallest absolute Gasteiger partial charge is 0.287 e. The largest absolute Gasteiger partial charge is 0.484 e. The Balaban J connectivity index is 1.61. The lowest BCUT2D eigenvalue weighted by molar-refractivity contribution is 0.0907. The van der Waals surface area contributed by atoms with Crippen molar-refractivity contribution >= 4 is 33.4 Å². The molecule has 1 amide bonds. The highest BCUT2D eigenvalue weighted by molar-refractivity contribution is 9.10. The minimum Gasteiger partial charge on any atom is -0.484 e. The summed E-state index contributed by atoms with van der Waals surface area (Å²) in [5, 5.41) is 7.70. The van der Waals surface area contributed by atoms with Gasteiger partial charge in [-0.2, -0.15) is 5.10 Å². The minimum atomic E-state index is -0.293. The topological polar surface area (TPSA) is 69.3 Å². The SMILES string of the molecule is Cc1nn(C)cc1C(C)NC(=O)c1ccc(COc2ccc(Br)cc2Cl)o1. The Hall–Kier alpha value is -2.25. The fourth-order valence-corrected chi connectivity index (χ4v) is 3.44. The molecule has 6 nitrogen and oxygen atoms in total. The highest BCUT2D eigenvalue weighted by atomic mass is 79.9. The van der Waals surface area contributed by atoms with Gasteiger partial charge in [0.1, 0.15) is 18.1 Å².